The van der Waals surface area contributed by atoms with Crippen LogP contribution >= 0.6 is 0 Å². The summed E-state index contributed by atoms with van der Waals surface area (Å²) >= 11 is 0. The van der Waals surface area contributed by atoms with Gasteiger partial charge in [-0.3, -0.25) is 9.69 Å². The summed E-state index contributed by atoms with van der Waals surface area (Å²) in [5.41, 5.74) is 2.65. The number of H-pyrrole nitrogens is 1. The number of fused-ring (bicyclic) bond motifs is 1. The number of nitrogens with zero attached hydrogens (tertiary/aromatic N) is 2. The van der Waals surface area contributed by atoms with Crippen LogP contribution in [-0.2, 0) is 19.5 Å². The number of rotatable bonds is 3. The van der Waals surface area contributed by atoms with Gasteiger partial charge in [-0.05, 0) is 24.6 Å². The van der Waals surface area contributed by atoms with Crippen molar-refractivity contribution in [2.75, 3.05) is 13.7 Å². The molecule has 2 N–H and O–H groups in total. The van der Waals surface area contributed by atoms with Gasteiger partial charge in [-0.25, -0.2) is 4.98 Å². The number of aryl methyl sites for hydroxylation is 1. The Morgan fingerprint density at radius 1 is 1.45 bits per heavy atom. The fourth-order valence-corrected chi connectivity index (χ4v) is 2.82. The number of aromatic hydroxyl groups is 1. The minimum atomic E-state index is -0.0458. The van der Waals surface area contributed by atoms with Crippen LogP contribution in [0.4, 0.5) is 0 Å². The summed E-state index contributed by atoms with van der Waals surface area (Å²) in [5.74, 6) is 1.26. The number of phenols is 1. The minimum absolute atomic E-state index is 0.0458. The van der Waals surface area contributed by atoms with E-state index in [1.165, 1.54) is 7.11 Å². The Hall–Kier alpha value is -2.34. The Morgan fingerprint density at radius 2 is 2.27 bits per heavy atom. The minimum Gasteiger partial charge on any atom is -0.504 e. The number of ether oxygens (including phenoxy) is 1. The van der Waals surface area contributed by atoms with Crippen molar-refractivity contribution in [1.82, 2.24) is 14.9 Å². The first kappa shape index (κ1) is 14.6. The van der Waals surface area contributed by atoms with Gasteiger partial charge >= 0.3 is 0 Å². The molecule has 3 rings (SSSR count). The summed E-state index contributed by atoms with van der Waals surface area (Å²) in [4.78, 5) is 21.4. The van der Waals surface area contributed by atoms with Gasteiger partial charge in [0.2, 0.25) is 0 Å². The molecule has 1 aromatic carbocycles. The lowest BCUT2D eigenvalue weighted by molar-refractivity contribution is 0.241. The van der Waals surface area contributed by atoms with Crippen molar-refractivity contribution in [3.8, 4) is 11.5 Å². The highest BCUT2D eigenvalue weighted by molar-refractivity contribution is 5.41. The van der Waals surface area contributed by atoms with E-state index in [1.54, 1.807) is 13.0 Å². The number of hydrogen-bond acceptors (Lipinski definition) is 5. The van der Waals surface area contributed by atoms with Crippen molar-refractivity contribution < 1.29 is 9.84 Å². The Bertz CT molecular complexity index is 755. The second-order valence-electron chi connectivity index (χ2n) is 5.54. The van der Waals surface area contributed by atoms with Crippen LogP contribution in [0, 0.1) is 6.92 Å². The molecule has 0 spiro atoms. The SMILES string of the molecule is COc1cc(CN2CCc3nc(C)[nH]c(=O)c3C2)ccc1O. The van der Waals surface area contributed by atoms with E-state index in [2.05, 4.69) is 14.9 Å². The molecule has 0 aliphatic carbocycles. The molecule has 1 aliphatic heterocycles. The zero-order valence-corrected chi connectivity index (χ0v) is 12.7. The fraction of sp³-hybridized carbons (Fsp3) is 0.375. The van der Waals surface area contributed by atoms with E-state index in [4.69, 9.17) is 4.74 Å². The van der Waals surface area contributed by atoms with E-state index in [0.29, 0.717) is 24.7 Å². The van der Waals surface area contributed by atoms with Gasteiger partial charge in [0.15, 0.2) is 11.5 Å². The monoisotopic (exact) mass is 301 g/mol. The van der Waals surface area contributed by atoms with Crippen molar-refractivity contribution in [3.63, 3.8) is 0 Å². The molecule has 6 heteroatoms. The smallest absolute Gasteiger partial charge is 0.255 e. The van der Waals surface area contributed by atoms with Crippen molar-refractivity contribution in [3.05, 3.63) is 51.2 Å². The zero-order valence-electron chi connectivity index (χ0n) is 12.7. The van der Waals surface area contributed by atoms with Crippen LogP contribution in [0.2, 0.25) is 0 Å². The lowest BCUT2D eigenvalue weighted by Gasteiger charge is -2.27. The Labute approximate surface area is 128 Å². The molecule has 1 aliphatic rings. The van der Waals surface area contributed by atoms with E-state index in [0.717, 1.165) is 29.8 Å². The summed E-state index contributed by atoms with van der Waals surface area (Å²) < 4.78 is 5.13. The highest BCUT2D eigenvalue weighted by Crippen LogP contribution is 2.27. The highest BCUT2D eigenvalue weighted by Gasteiger charge is 2.20. The van der Waals surface area contributed by atoms with Gasteiger partial charge in [0.25, 0.3) is 5.56 Å². The average Bonchev–Trinajstić information content (AvgIpc) is 2.49. The molecule has 0 atom stereocenters. The van der Waals surface area contributed by atoms with E-state index >= 15 is 0 Å². The van der Waals surface area contributed by atoms with Crippen LogP contribution < -0.4 is 10.3 Å². The summed E-state index contributed by atoms with van der Waals surface area (Å²) in [7, 11) is 1.53. The van der Waals surface area contributed by atoms with Gasteiger partial charge in [-0.1, -0.05) is 6.07 Å². The van der Waals surface area contributed by atoms with Crippen LogP contribution in [-0.4, -0.2) is 33.6 Å². The molecule has 0 bridgehead atoms. The molecule has 0 unspecified atom stereocenters. The second kappa shape index (κ2) is 5.81. The molecule has 116 valence electrons. The predicted octanol–water partition coefficient (Wildman–Crippen LogP) is 1.35. The topological polar surface area (TPSA) is 78.5 Å². The molecule has 2 heterocycles. The van der Waals surface area contributed by atoms with Crippen LogP contribution in [0.3, 0.4) is 0 Å². The summed E-state index contributed by atoms with van der Waals surface area (Å²) in [6.07, 6.45) is 0.773. The van der Waals surface area contributed by atoms with Gasteiger partial charge in [0, 0.05) is 26.1 Å². The standard InChI is InChI=1S/C16H19N3O3/c1-10-17-13-5-6-19(9-12(13)16(21)18-10)8-11-3-4-14(20)15(7-11)22-2/h3-4,7,20H,5-6,8-9H2,1-2H3,(H,17,18,21). The van der Waals surface area contributed by atoms with Crippen molar-refractivity contribution in [2.45, 2.75) is 26.4 Å². The number of aromatic amines is 1. The van der Waals surface area contributed by atoms with Gasteiger partial charge < -0.3 is 14.8 Å². The van der Waals surface area contributed by atoms with E-state index < -0.39 is 0 Å². The number of benzene rings is 1. The van der Waals surface area contributed by atoms with Gasteiger partial charge in [0.05, 0.1) is 18.4 Å². The van der Waals surface area contributed by atoms with Crippen molar-refractivity contribution in [2.24, 2.45) is 0 Å². The third kappa shape index (κ3) is 2.82. The summed E-state index contributed by atoms with van der Waals surface area (Å²) in [6, 6.07) is 5.32. The normalized spacial score (nSPS) is 14.6. The first-order valence-electron chi connectivity index (χ1n) is 7.23. The average molecular weight is 301 g/mol. The highest BCUT2D eigenvalue weighted by atomic mass is 16.5. The third-order valence-corrected chi connectivity index (χ3v) is 3.92. The largest absolute Gasteiger partial charge is 0.504 e. The molecule has 2 aromatic rings. The number of aromatic nitrogens is 2. The number of methoxy groups -OCH3 is 1. The van der Waals surface area contributed by atoms with Gasteiger partial charge in [-0.15, -0.1) is 0 Å². The van der Waals surface area contributed by atoms with Crippen LogP contribution in [0.1, 0.15) is 22.6 Å². The molecule has 0 saturated heterocycles. The second-order valence-corrected chi connectivity index (χ2v) is 5.54. The van der Waals surface area contributed by atoms with E-state index in [1.807, 2.05) is 12.1 Å². The maximum atomic E-state index is 12.1. The van der Waals surface area contributed by atoms with Crippen molar-refractivity contribution >= 4 is 0 Å². The van der Waals surface area contributed by atoms with Crippen LogP contribution in [0.15, 0.2) is 23.0 Å². The van der Waals surface area contributed by atoms with E-state index in [-0.39, 0.29) is 11.3 Å². The molecule has 0 amide bonds. The molecule has 0 radical (unpaired) electrons. The molecule has 1 aromatic heterocycles. The maximum Gasteiger partial charge on any atom is 0.255 e. The van der Waals surface area contributed by atoms with Gasteiger partial charge in [0.1, 0.15) is 5.82 Å². The molecule has 22 heavy (non-hydrogen) atoms. The zero-order chi connectivity index (χ0) is 15.7. The molecule has 0 fully saturated rings. The molecule has 0 saturated carbocycles. The lowest BCUT2D eigenvalue weighted by Crippen LogP contribution is -2.35. The fourth-order valence-electron chi connectivity index (χ4n) is 2.82. The number of hydrogen-bond donors (Lipinski definition) is 2. The Morgan fingerprint density at radius 3 is 3.05 bits per heavy atom. The van der Waals surface area contributed by atoms with Gasteiger partial charge in [-0.2, -0.15) is 0 Å². The quantitative estimate of drug-likeness (QED) is 0.895. The van der Waals surface area contributed by atoms with Crippen molar-refractivity contribution in [1.29, 1.82) is 0 Å². The van der Waals surface area contributed by atoms with E-state index in [9.17, 15) is 9.90 Å². The lowest BCUT2D eigenvalue weighted by atomic mass is 10.1. The maximum absolute atomic E-state index is 12.1. The molecule has 6 nitrogen and oxygen atoms in total. The number of nitrogens with one attached hydrogen (secondary N) is 1. The van der Waals surface area contributed by atoms with Crippen LogP contribution in [0.25, 0.3) is 0 Å². The number of phenolic OH excluding ortho intramolecular Hbond substituents is 1. The molecular weight excluding hydrogens is 282 g/mol. The molecular formula is C16H19N3O3. The first-order chi connectivity index (χ1) is 10.6. The van der Waals surface area contributed by atoms with Crippen LogP contribution in [0.5, 0.6) is 11.5 Å². The Kier molecular flexibility index (Phi) is 3.85. The summed E-state index contributed by atoms with van der Waals surface area (Å²) in [5, 5.41) is 9.64. The predicted molar refractivity (Wildman–Crippen MR) is 82.1 cm³/mol. The first-order valence-corrected chi connectivity index (χ1v) is 7.23. The Balaban J connectivity index is 1.79. The summed E-state index contributed by atoms with van der Waals surface area (Å²) in [6.45, 7) is 3.94. The third-order valence-electron chi connectivity index (χ3n) is 3.92.